The van der Waals surface area contributed by atoms with E-state index in [1.165, 1.54) is 12.1 Å². The highest BCUT2D eigenvalue weighted by molar-refractivity contribution is 7.22. The van der Waals surface area contributed by atoms with Crippen LogP contribution in [0.25, 0.3) is 32.2 Å². The molecule has 2 aliphatic heterocycles. The fourth-order valence-corrected chi connectivity index (χ4v) is 6.59. The van der Waals surface area contributed by atoms with Gasteiger partial charge in [0.2, 0.25) is 0 Å². The van der Waals surface area contributed by atoms with Crippen molar-refractivity contribution in [2.75, 3.05) is 50.5 Å². The van der Waals surface area contributed by atoms with Gasteiger partial charge in [0.25, 0.3) is 0 Å². The molecule has 4 aromatic rings. The van der Waals surface area contributed by atoms with Crippen molar-refractivity contribution >= 4 is 55.0 Å². The van der Waals surface area contributed by atoms with Gasteiger partial charge in [-0.15, -0.1) is 0 Å². The lowest BCUT2D eigenvalue weighted by molar-refractivity contribution is 0.188. The summed E-state index contributed by atoms with van der Waals surface area (Å²) >= 11 is 7.72. The Labute approximate surface area is 238 Å². The fraction of sp³-hybridized carbons (Fsp3) is 0.407. The zero-order chi connectivity index (χ0) is 28.0. The van der Waals surface area contributed by atoms with Crippen molar-refractivity contribution < 1.29 is 13.5 Å². The molecular formula is C27H27ClF2N8OS. The molecule has 13 heteroatoms. The number of rotatable bonds is 6. The quantitative estimate of drug-likeness (QED) is 0.336. The average Bonchev–Trinajstić information content (AvgIpc) is 3.54. The van der Waals surface area contributed by atoms with Crippen molar-refractivity contribution in [2.24, 2.45) is 0 Å². The van der Waals surface area contributed by atoms with E-state index in [1.54, 1.807) is 6.07 Å². The second kappa shape index (κ2) is 10.9. The Bertz CT molecular complexity index is 1640. The molecule has 2 saturated heterocycles. The van der Waals surface area contributed by atoms with Crippen molar-refractivity contribution in [3.63, 3.8) is 0 Å². The smallest absolute Gasteiger partial charge is 0.319 e. The Morgan fingerprint density at radius 2 is 2.10 bits per heavy atom. The number of aromatic nitrogens is 3. The number of hydrogen-bond donors (Lipinski definition) is 2. The van der Waals surface area contributed by atoms with Crippen LogP contribution in [0.1, 0.15) is 19.3 Å². The highest BCUT2D eigenvalue weighted by Gasteiger charge is 2.28. The van der Waals surface area contributed by atoms with Gasteiger partial charge in [0.05, 0.1) is 27.7 Å². The Balaban J connectivity index is 1.50. The molecule has 3 N–H and O–H groups in total. The standard InChI is InChI=1S/C27H27ClF2N8OS/c1-37-9-2-3-15(37)13-39-27-35-22-17(25(36-27)38-10-8-33-14(12-38)6-7-31)11-18(28)20(21(22)30)16-4-5-19(29)24-23(16)34-26(32)40-24/h4-5,11,14-15,33H,2-3,6,8-10,12-13H2,1H3,(H2,32,34)/t14-,15-/m0/s1. The first-order chi connectivity index (χ1) is 19.3. The van der Waals surface area contributed by atoms with Crippen molar-refractivity contribution in [3.8, 4) is 23.2 Å². The molecule has 2 aromatic carbocycles. The Hall–Kier alpha value is -3.37. The van der Waals surface area contributed by atoms with Gasteiger partial charge in [0.15, 0.2) is 10.9 Å². The first kappa shape index (κ1) is 26.8. The number of thiazole rings is 1. The topological polar surface area (TPSA) is 116 Å². The summed E-state index contributed by atoms with van der Waals surface area (Å²) in [5.41, 5.74) is 6.51. The maximum absolute atomic E-state index is 16.5. The van der Waals surface area contributed by atoms with Gasteiger partial charge in [-0.2, -0.15) is 15.2 Å². The van der Waals surface area contributed by atoms with Crippen molar-refractivity contribution in [1.29, 1.82) is 5.26 Å². The van der Waals surface area contributed by atoms with Crippen molar-refractivity contribution in [2.45, 2.75) is 31.3 Å². The minimum absolute atomic E-state index is 0.0372. The van der Waals surface area contributed by atoms with Crippen LogP contribution in [0.4, 0.5) is 19.7 Å². The summed E-state index contributed by atoms with van der Waals surface area (Å²) in [6.45, 7) is 3.09. The Morgan fingerprint density at radius 3 is 2.88 bits per heavy atom. The number of piperazine rings is 1. The summed E-state index contributed by atoms with van der Waals surface area (Å²) in [7, 11) is 2.05. The van der Waals surface area contributed by atoms with Gasteiger partial charge >= 0.3 is 6.01 Å². The number of benzene rings is 2. The third-order valence-corrected chi connectivity index (χ3v) is 8.78. The van der Waals surface area contributed by atoms with E-state index < -0.39 is 11.6 Å². The fourth-order valence-electron chi connectivity index (χ4n) is 5.53. The summed E-state index contributed by atoms with van der Waals surface area (Å²) in [5.74, 6) is -0.691. The molecular weight excluding hydrogens is 558 g/mol. The van der Waals surface area contributed by atoms with Gasteiger partial charge in [-0.3, -0.25) is 0 Å². The van der Waals surface area contributed by atoms with E-state index in [9.17, 15) is 9.65 Å². The van der Waals surface area contributed by atoms with E-state index in [4.69, 9.17) is 27.1 Å². The number of nitrogens with two attached hydrogens (primary N) is 1. The molecule has 2 fully saturated rings. The lowest BCUT2D eigenvalue weighted by Crippen LogP contribution is -2.51. The monoisotopic (exact) mass is 584 g/mol. The number of nitrogen functional groups attached to an aromatic ring is 1. The number of likely N-dealkylation sites (tertiary alicyclic amines) is 1. The molecule has 6 rings (SSSR count). The van der Waals surface area contributed by atoms with Gasteiger partial charge in [0, 0.05) is 48.2 Å². The SMILES string of the molecule is CN1CCC[C@H]1COc1nc(N2CCN[C@@H](CC#N)C2)c2cc(Cl)c(-c3ccc(F)c4sc(N)nc34)c(F)c2n1. The van der Waals surface area contributed by atoms with E-state index >= 15 is 4.39 Å². The van der Waals surface area contributed by atoms with E-state index in [0.717, 1.165) is 30.7 Å². The summed E-state index contributed by atoms with van der Waals surface area (Å²) < 4.78 is 37.3. The predicted octanol–water partition coefficient (Wildman–Crippen LogP) is 4.59. The van der Waals surface area contributed by atoms with Gasteiger partial charge in [-0.25, -0.2) is 13.8 Å². The molecule has 0 radical (unpaired) electrons. The number of hydrogen-bond acceptors (Lipinski definition) is 10. The molecule has 4 heterocycles. The number of nitrogens with zero attached hydrogens (tertiary/aromatic N) is 6. The van der Waals surface area contributed by atoms with Crippen LogP contribution in [0.2, 0.25) is 5.02 Å². The molecule has 40 heavy (non-hydrogen) atoms. The number of halogens is 3. The summed E-state index contributed by atoms with van der Waals surface area (Å²) in [6, 6.07) is 6.75. The van der Waals surface area contributed by atoms with Crippen molar-refractivity contribution in [3.05, 3.63) is 34.9 Å². The lowest BCUT2D eigenvalue weighted by Gasteiger charge is -2.34. The zero-order valence-electron chi connectivity index (χ0n) is 21.8. The summed E-state index contributed by atoms with van der Waals surface area (Å²) in [5, 5.41) is 13.3. The van der Waals surface area contributed by atoms with Crippen LogP contribution in [0.15, 0.2) is 18.2 Å². The molecule has 2 atom stereocenters. The number of anilines is 2. The van der Waals surface area contributed by atoms with E-state index in [0.29, 0.717) is 49.4 Å². The van der Waals surface area contributed by atoms with Crippen molar-refractivity contribution in [1.82, 2.24) is 25.2 Å². The maximum atomic E-state index is 16.5. The normalized spacial score (nSPS) is 19.9. The van der Waals surface area contributed by atoms with Crippen LogP contribution in [-0.2, 0) is 0 Å². The average molecular weight is 585 g/mol. The van der Waals surface area contributed by atoms with Crippen LogP contribution >= 0.6 is 22.9 Å². The number of ether oxygens (including phenoxy) is 1. The Kier molecular flexibility index (Phi) is 7.31. The molecule has 2 aliphatic rings. The first-order valence-corrected chi connectivity index (χ1v) is 14.3. The third kappa shape index (κ3) is 4.88. The number of nitrogens with one attached hydrogen (secondary N) is 1. The first-order valence-electron chi connectivity index (χ1n) is 13.1. The molecule has 0 unspecified atom stereocenters. The van der Waals surface area contributed by atoms with Crippen LogP contribution < -0.4 is 20.7 Å². The number of nitriles is 1. The van der Waals surface area contributed by atoms with Gasteiger partial charge in [-0.1, -0.05) is 22.9 Å². The number of likely N-dealkylation sites (N-methyl/N-ethyl adjacent to an activating group) is 1. The Morgan fingerprint density at radius 1 is 1.25 bits per heavy atom. The van der Waals surface area contributed by atoms with Gasteiger partial charge in [0.1, 0.15) is 23.8 Å². The lowest BCUT2D eigenvalue weighted by atomic mass is 10.0. The highest BCUT2D eigenvalue weighted by Crippen LogP contribution is 2.42. The third-order valence-electron chi connectivity index (χ3n) is 7.59. The molecule has 0 saturated carbocycles. The van der Waals surface area contributed by atoms with Crippen LogP contribution in [0, 0.1) is 23.0 Å². The maximum Gasteiger partial charge on any atom is 0.319 e. The zero-order valence-corrected chi connectivity index (χ0v) is 23.3. The van der Waals surface area contributed by atoms with Crippen LogP contribution in [0.5, 0.6) is 6.01 Å². The second-order valence-electron chi connectivity index (χ2n) is 10.1. The number of fused-ring (bicyclic) bond motifs is 2. The predicted molar refractivity (Wildman–Crippen MR) is 153 cm³/mol. The van der Waals surface area contributed by atoms with E-state index in [2.05, 4.69) is 26.3 Å². The molecule has 0 amide bonds. The minimum atomic E-state index is -0.683. The van der Waals surface area contributed by atoms with E-state index in [-0.39, 0.29) is 49.5 Å². The molecule has 2 aromatic heterocycles. The molecule has 208 valence electrons. The molecule has 9 nitrogen and oxygen atoms in total. The second-order valence-corrected chi connectivity index (χ2v) is 11.6. The van der Waals surface area contributed by atoms with Crippen LogP contribution in [0.3, 0.4) is 0 Å². The minimum Gasteiger partial charge on any atom is -0.462 e. The van der Waals surface area contributed by atoms with Gasteiger partial charge in [-0.05, 0) is 44.6 Å². The largest absolute Gasteiger partial charge is 0.462 e. The van der Waals surface area contributed by atoms with Crippen LogP contribution in [-0.4, -0.2) is 71.8 Å². The molecule has 0 spiro atoms. The molecule has 0 aliphatic carbocycles. The summed E-state index contributed by atoms with van der Waals surface area (Å²) in [4.78, 5) is 17.7. The van der Waals surface area contributed by atoms with Gasteiger partial charge < -0.3 is 25.6 Å². The summed E-state index contributed by atoms with van der Waals surface area (Å²) in [6.07, 6.45) is 2.41. The van der Waals surface area contributed by atoms with E-state index in [1.807, 2.05) is 11.9 Å². The molecule has 0 bridgehead atoms. The highest BCUT2D eigenvalue weighted by atomic mass is 35.5.